The minimum Gasteiger partial charge on any atom is -0.308 e. The summed E-state index contributed by atoms with van der Waals surface area (Å²) in [7, 11) is 0. The topological polar surface area (TPSA) is 29.3 Å². The minimum absolute atomic E-state index is 0.672. The van der Waals surface area contributed by atoms with E-state index in [1.165, 1.54) is 35.5 Å². The van der Waals surface area contributed by atoms with Gasteiger partial charge in [0.1, 0.15) is 0 Å². The maximum Gasteiger partial charge on any atom is 0.194 e. The third-order valence-corrected chi connectivity index (χ3v) is 5.80. The molecule has 2 aromatic heterocycles. The Labute approximate surface area is 125 Å². The van der Waals surface area contributed by atoms with Crippen LogP contribution in [0.25, 0.3) is 4.96 Å². The summed E-state index contributed by atoms with van der Waals surface area (Å²) in [6, 6.07) is 0.672. The molecule has 0 amide bonds. The highest BCUT2D eigenvalue weighted by Gasteiger charge is 2.24. The number of aryl methyl sites for hydroxylation is 2. The van der Waals surface area contributed by atoms with Crippen LogP contribution in [0.5, 0.6) is 0 Å². The predicted octanol–water partition coefficient (Wildman–Crippen LogP) is 3.93. The summed E-state index contributed by atoms with van der Waals surface area (Å²) in [5, 5.41) is 3.76. The highest BCUT2D eigenvalue weighted by atomic mass is 32.1. The fraction of sp³-hybridized carbons (Fsp3) is 0.688. The normalized spacial score (nSPS) is 27.3. The average Bonchev–Trinajstić information content (AvgIpc) is 2.87. The van der Waals surface area contributed by atoms with Crippen molar-refractivity contribution in [3.8, 4) is 0 Å². The largest absolute Gasteiger partial charge is 0.308 e. The molecule has 0 aromatic carbocycles. The molecule has 0 saturated heterocycles. The molecule has 2 heterocycles. The third kappa shape index (κ3) is 2.63. The predicted molar refractivity (Wildman–Crippen MR) is 85.3 cm³/mol. The van der Waals surface area contributed by atoms with Crippen LogP contribution in [0.2, 0.25) is 0 Å². The van der Waals surface area contributed by atoms with Gasteiger partial charge in [0.15, 0.2) is 4.96 Å². The van der Waals surface area contributed by atoms with Gasteiger partial charge in [-0.05, 0) is 44.9 Å². The van der Waals surface area contributed by atoms with E-state index in [0.717, 1.165) is 23.3 Å². The molecule has 1 N–H and O–H groups in total. The second-order valence-electron chi connectivity index (χ2n) is 6.48. The Bertz CT molecular complexity index is 598. The first-order chi connectivity index (χ1) is 9.54. The molecule has 0 spiro atoms. The van der Waals surface area contributed by atoms with Gasteiger partial charge in [-0.3, -0.25) is 4.40 Å². The second kappa shape index (κ2) is 5.49. The number of rotatable bonds is 3. The van der Waals surface area contributed by atoms with Gasteiger partial charge in [0.25, 0.3) is 0 Å². The van der Waals surface area contributed by atoms with Crippen molar-refractivity contribution in [1.29, 1.82) is 0 Å². The van der Waals surface area contributed by atoms with E-state index in [4.69, 9.17) is 0 Å². The number of imidazole rings is 1. The molecule has 1 fully saturated rings. The lowest BCUT2D eigenvalue weighted by molar-refractivity contribution is 0.225. The number of hydrogen-bond donors (Lipinski definition) is 1. The van der Waals surface area contributed by atoms with Crippen molar-refractivity contribution in [1.82, 2.24) is 14.7 Å². The van der Waals surface area contributed by atoms with E-state index in [1.807, 2.05) is 0 Å². The van der Waals surface area contributed by atoms with Gasteiger partial charge in [-0.25, -0.2) is 4.98 Å². The van der Waals surface area contributed by atoms with Gasteiger partial charge in [-0.2, -0.15) is 0 Å². The molecule has 3 rings (SSSR count). The van der Waals surface area contributed by atoms with E-state index in [-0.39, 0.29) is 0 Å². The van der Waals surface area contributed by atoms with Crippen molar-refractivity contribution in [3.63, 3.8) is 0 Å². The van der Waals surface area contributed by atoms with Crippen LogP contribution in [0.3, 0.4) is 0 Å². The fourth-order valence-electron chi connectivity index (χ4n) is 3.30. The highest BCUT2D eigenvalue weighted by molar-refractivity contribution is 7.17. The molecule has 4 heteroatoms. The van der Waals surface area contributed by atoms with Crippen LogP contribution in [-0.4, -0.2) is 15.4 Å². The molecule has 2 aromatic rings. The van der Waals surface area contributed by atoms with Crippen LogP contribution in [0.15, 0.2) is 6.20 Å². The van der Waals surface area contributed by atoms with E-state index in [2.05, 4.69) is 48.6 Å². The molecule has 0 aliphatic heterocycles. The van der Waals surface area contributed by atoms with Gasteiger partial charge in [0, 0.05) is 23.7 Å². The molecule has 3 nitrogen and oxygen atoms in total. The minimum atomic E-state index is 0.672. The average molecular weight is 291 g/mol. The molecular weight excluding hydrogens is 266 g/mol. The maximum atomic E-state index is 4.67. The van der Waals surface area contributed by atoms with Crippen LogP contribution in [-0.2, 0) is 6.54 Å². The van der Waals surface area contributed by atoms with Crippen LogP contribution in [0.1, 0.15) is 49.4 Å². The number of thiazole rings is 1. The quantitative estimate of drug-likeness (QED) is 0.928. The Hall–Kier alpha value is -0.870. The van der Waals surface area contributed by atoms with Gasteiger partial charge >= 0.3 is 0 Å². The summed E-state index contributed by atoms with van der Waals surface area (Å²) >= 11 is 1.77. The van der Waals surface area contributed by atoms with Gasteiger partial charge in [0.05, 0.1) is 11.4 Å². The van der Waals surface area contributed by atoms with E-state index in [1.54, 1.807) is 11.3 Å². The standard InChI is InChI=1S/C16H25N3S/c1-10-5-6-14(7-11(10)2)17-8-15-13(4)18-16-19(15)9-12(3)20-16/h9-11,14,17H,5-8H2,1-4H3. The molecule has 1 aliphatic carbocycles. The molecule has 1 saturated carbocycles. The van der Waals surface area contributed by atoms with Gasteiger partial charge in [0.2, 0.25) is 0 Å². The van der Waals surface area contributed by atoms with Crippen molar-refractivity contribution in [2.45, 2.75) is 59.5 Å². The maximum absolute atomic E-state index is 4.67. The number of fused-ring (bicyclic) bond motifs is 1. The second-order valence-corrected chi connectivity index (χ2v) is 7.70. The van der Waals surface area contributed by atoms with Crippen molar-refractivity contribution < 1.29 is 0 Å². The van der Waals surface area contributed by atoms with Crippen LogP contribution < -0.4 is 5.32 Å². The van der Waals surface area contributed by atoms with Crippen molar-refractivity contribution in [2.24, 2.45) is 11.8 Å². The molecule has 20 heavy (non-hydrogen) atoms. The smallest absolute Gasteiger partial charge is 0.194 e. The lowest BCUT2D eigenvalue weighted by Gasteiger charge is -2.32. The third-order valence-electron chi connectivity index (χ3n) is 4.90. The summed E-state index contributed by atoms with van der Waals surface area (Å²) in [5.74, 6) is 1.73. The zero-order valence-electron chi connectivity index (χ0n) is 12.9. The van der Waals surface area contributed by atoms with Crippen LogP contribution in [0.4, 0.5) is 0 Å². The molecule has 0 radical (unpaired) electrons. The lowest BCUT2D eigenvalue weighted by atomic mass is 9.79. The highest BCUT2D eigenvalue weighted by Crippen LogP contribution is 2.29. The van der Waals surface area contributed by atoms with Gasteiger partial charge in [-0.1, -0.05) is 13.8 Å². The Morgan fingerprint density at radius 1 is 1.30 bits per heavy atom. The van der Waals surface area contributed by atoms with Crippen molar-refractivity contribution in [3.05, 3.63) is 22.5 Å². The Morgan fingerprint density at radius 3 is 2.85 bits per heavy atom. The summed E-state index contributed by atoms with van der Waals surface area (Å²) in [5.41, 5.74) is 2.50. The molecular formula is C16H25N3S. The van der Waals surface area contributed by atoms with Crippen LogP contribution >= 0.6 is 11.3 Å². The SMILES string of the molecule is Cc1cn2c(CNC3CCC(C)C(C)C3)c(C)nc2s1. The van der Waals surface area contributed by atoms with Gasteiger partial charge < -0.3 is 5.32 Å². The zero-order valence-corrected chi connectivity index (χ0v) is 13.8. The van der Waals surface area contributed by atoms with Crippen molar-refractivity contribution in [2.75, 3.05) is 0 Å². The van der Waals surface area contributed by atoms with E-state index in [0.29, 0.717) is 6.04 Å². The first-order valence-electron chi connectivity index (χ1n) is 7.72. The first kappa shape index (κ1) is 14.1. The number of nitrogens with zero attached hydrogens (tertiary/aromatic N) is 2. The molecule has 0 bridgehead atoms. The summed E-state index contributed by atoms with van der Waals surface area (Å²) < 4.78 is 2.26. The zero-order chi connectivity index (χ0) is 14.3. The Balaban J connectivity index is 1.69. The Morgan fingerprint density at radius 2 is 2.10 bits per heavy atom. The molecule has 110 valence electrons. The lowest BCUT2D eigenvalue weighted by Crippen LogP contribution is -2.36. The van der Waals surface area contributed by atoms with E-state index >= 15 is 0 Å². The van der Waals surface area contributed by atoms with E-state index < -0.39 is 0 Å². The number of nitrogens with one attached hydrogen (secondary N) is 1. The number of aromatic nitrogens is 2. The van der Waals surface area contributed by atoms with E-state index in [9.17, 15) is 0 Å². The van der Waals surface area contributed by atoms with Gasteiger partial charge in [-0.15, -0.1) is 11.3 Å². The fourth-order valence-corrected chi connectivity index (χ4v) is 4.19. The first-order valence-corrected chi connectivity index (χ1v) is 8.53. The molecule has 1 aliphatic rings. The Kier molecular flexibility index (Phi) is 3.87. The summed E-state index contributed by atoms with van der Waals surface area (Å²) in [6.07, 6.45) is 6.19. The van der Waals surface area contributed by atoms with Crippen LogP contribution in [0, 0.1) is 25.7 Å². The summed E-state index contributed by atoms with van der Waals surface area (Å²) in [6.45, 7) is 9.99. The molecule has 3 atom stereocenters. The molecule has 3 unspecified atom stereocenters. The summed E-state index contributed by atoms with van der Waals surface area (Å²) in [4.78, 5) is 7.12. The monoisotopic (exact) mass is 291 g/mol. The van der Waals surface area contributed by atoms with Crippen molar-refractivity contribution >= 4 is 16.3 Å². The number of hydrogen-bond acceptors (Lipinski definition) is 3.